The molecule has 1 aromatic carbocycles. The van der Waals surface area contributed by atoms with Gasteiger partial charge in [-0.05, 0) is 36.8 Å². The van der Waals surface area contributed by atoms with Crippen molar-refractivity contribution >= 4 is 15.9 Å². The van der Waals surface area contributed by atoms with E-state index in [1.807, 2.05) is 25.1 Å². The van der Waals surface area contributed by atoms with Crippen molar-refractivity contribution in [3.8, 4) is 0 Å². The molecule has 0 radical (unpaired) electrons. The fourth-order valence-electron chi connectivity index (χ4n) is 1.57. The summed E-state index contributed by atoms with van der Waals surface area (Å²) in [5.41, 5.74) is 2.19. The maximum Gasteiger partial charge on any atom is 0.0801 e. The molecule has 0 aromatic heterocycles. The van der Waals surface area contributed by atoms with Gasteiger partial charge in [-0.1, -0.05) is 48.0 Å². The van der Waals surface area contributed by atoms with Crippen LogP contribution >= 0.6 is 15.9 Å². The van der Waals surface area contributed by atoms with Crippen molar-refractivity contribution in [1.82, 2.24) is 0 Å². The summed E-state index contributed by atoms with van der Waals surface area (Å²) in [5, 5.41) is 10.0. The zero-order chi connectivity index (χ0) is 11.4. The number of aryl methyl sites for hydroxylation is 1. The first-order chi connectivity index (χ1) is 7.02. The number of hydrogen-bond donors (Lipinski definition) is 1. The van der Waals surface area contributed by atoms with Gasteiger partial charge in [-0.2, -0.15) is 0 Å². The molecule has 0 aliphatic rings. The Hall–Kier alpha value is -0.340. The van der Waals surface area contributed by atoms with E-state index in [1.165, 1.54) is 5.56 Å². The van der Waals surface area contributed by atoms with Crippen LogP contribution in [-0.4, -0.2) is 5.11 Å². The van der Waals surface area contributed by atoms with Crippen LogP contribution in [-0.2, 0) is 0 Å². The van der Waals surface area contributed by atoms with Crippen molar-refractivity contribution in [2.45, 2.75) is 39.7 Å². The first kappa shape index (κ1) is 12.7. The van der Waals surface area contributed by atoms with Gasteiger partial charge in [0.1, 0.15) is 0 Å². The monoisotopic (exact) mass is 270 g/mol. The Kier molecular flexibility index (Phi) is 4.81. The average Bonchev–Trinajstić information content (AvgIpc) is 2.18. The normalized spacial score (nSPS) is 13.2. The number of aliphatic hydroxyl groups excluding tert-OH is 1. The third kappa shape index (κ3) is 3.62. The van der Waals surface area contributed by atoms with Gasteiger partial charge in [0.15, 0.2) is 0 Å². The molecule has 0 heterocycles. The van der Waals surface area contributed by atoms with Gasteiger partial charge >= 0.3 is 0 Å². The van der Waals surface area contributed by atoms with E-state index in [0.29, 0.717) is 5.92 Å². The fourth-order valence-corrected chi connectivity index (χ4v) is 2.10. The van der Waals surface area contributed by atoms with E-state index >= 15 is 0 Å². The minimum Gasteiger partial charge on any atom is -0.388 e. The standard InChI is InChI=1S/C13H19BrO/c1-9(2)7-8-12(15)11-6-4-5-10(3)13(11)14/h4-6,9,12,15H,7-8H2,1-3H3. The Morgan fingerprint density at radius 1 is 1.27 bits per heavy atom. The molecule has 0 fully saturated rings. The second kappa shape index (κ2) is 5.66. The predicted molar refractivity (Wildman–Crippen MR) is 67.9 cm³/mol. The van der Waals surface area contributed by atoms with Crippen molar-refractivity contribution in [2.24, 2.45) is 5.92 Å². The Bertz CT molecular complexity index is 320. The molecule has 84 valence electrons. The van der Waals surface area contributed by atoms with Gasteiger partial charge < -0.3 is 5.11 Å². The summed E-state index contributed by atoms with van der Waals surface area (Å²) in [7, 11) is 0. The highest BCUT2D eigenvalue weighted by molar-refractivity contribution is 9.10. The highest BCUT2D eigenvalue weighted by atomic mass is 79.9. The molecular weight excluding hydrogens is 252 g/mol. The molecule has 1 unspecified atom stereocenters. The van der Waals surface area contributed by atoms with Crippen molar-refractivity contribution < 1.29 is 5.11 Å². The molecular formula is C13H19BrO. The van der Waals surface area contributed by atoms with Crippen LogP contribution in [0.2, 0.25) is 0 Å². The number of benzene rings is 1. The molecule has 1 nitrogen and oxygen atoms in total. The first-order valence-corrected chi connectivity index (χ1v) is 6.24. The molecule has 1 rings (SSSR count). The molecule has 0 aliphatic heterocycles. The van der Waals surface area contributed by atoms with E-state index in [9.17, 15) is 5.11 Å². The molecule has 0 saturated carbocycles. The van der Waals surface area contributed by atoms with E-state index in [4.69, 9.17) is 0 Å². The smallest absolute Gasteiger partial charge is 0.0801 e. The summed E-state index contributed by atoms with van der Waals surface area (Å²) in [4.78, 5) is 0. The molecule has 2 heteroatoms. The molecule has 15 heavy (non-hydrogen) atoms. The molecule has 1 atom stereocenters. The van der Waals surface area contributed by atoms with E-state index < -0.39 is 0 Å². The Morgan fingerprint density at radius 3 is 2.53 bits per heavy atom. The van der Waals surface area contributed by atoms with Crippen molar-refractivity contribution in [1.29, 1.82) is 0 Å². The number of aliphatic hydroxyl groups is 1. The number of halogens is 1. The summed E-state index contributed by atoms with van der Waals surface area (Å²) in [6, 6.07) is 6.03. The molecule has 0 saturated heterocycles. The van der Waals surface area contributed by atoms with Crippen molar-refractivity contribution in [3.05, 3.63) is 33.8 Å². The zero-order valence-corrected chi connectivity index (χ0v) is 11.2. The average molecular weight is 271 g/mol. The van der Waals surface area contributed by atoms with Gasteiger partial charge in [0.05, 0.1) is 6.10 Å². The first-order valence-electron chi connectivity index (χ1n) is 5.45. The summed E-state index contributed by atoms with van der Waals surface area (Å²) in [5.74, 6) is 0.642. The van der Waals surface area contributed by atoms with Crippen LogP contribution in [0.15, 0.2) is 22.7 Å². The van der Waals surface area contributed by atoms with Gasteiger partial charge in [0.2, 0.25) is 0 Å². The zero-order valence-electron chi connectivity index (χ0n) is 9.63. The van der Waals surface area contributed by atoms with Gasteiger partial charge in [-0.15, -0.1) is 0 Å². The molecule has 0 bridgehead atoms. The van der Waals surface area contributed by atoms with E-state index in [-0.39, 0.29) is 6.10 Å². The van der Waals surface area contributed by atoms with E-state index in [2.05, 4.69) is 29.8 Å². The Labute approximate surface area is 101 Å². The lowest BCUT2D eigenvalue weighted by Crippen LogP contribution is -2.01. The van der Waals surface area contributed by atoms with Crippen molar-refractivity contribution in [3.63, 3.8) is 0 Å². The van der Waals surface area contributed by atoms with Crippen LogP contribution in [0.4, 0.5) is 0 Å². The molecule has 0 spiro atoms. The van der Waals surface area contributed by atoms with E-state index in [0.717, 1.165) is 22.9 Å². The minimum atomic E-state index is -0.346. The quantitative estimate of drug-likeness (QED) is 0.869. The second-order valence-electron chi connectivity index (χ2n) is 4.47. The Balaban J connectivity index is 2.73. The Morgan fingerprint density at radius 2 is 1.93 bits per heavy atom. The van der Waals surface area contributed by atoms with Gasteiger partial charge in [0, 0.05) is 4.47 Å². The summed E-state index contributed by atoms with van der Waals surface area (Å²) < 4.78 is 1.04. The fraction of sp³-hybridized carbons (Fsp3) is 0.538. The lowest BCUT2D eigenvalue weighted by Gasteiger charge is -2.15. The largest absolute Gasteiger partial charge is 0.388 e. The van der Waals surface area contributed by atoms with Gasteiger partial charge in [-0.25, -0.2) is 0 Å². The summed E-state index contributed by atoms with van der Waals surface area (Å²) >= 11 is 3.53. The van der Waals surface area contributed by atoms with E-state index in [1.54, 1.807) is 0 Å². The number of rotatable bonds is 4. The van der Waals surface area contributed by atoms with Crippen LogP contribution in [0.3, 0.4) is 0 Å². The topological polar surface area (TPSA) is 20.2 Å². The van der Waals surface area contributed by atoms with Gasteiger partial charge in [-0.3, -0.25) is 0 Å². The SMILES string of the molecule is Cc1cccc(C(O)CCC(C)C)c1Br. The highest BCUT2D eigenvalue weighted by Gasteiger charge is 2.12. The second-order valence-corrected chi connectivity index (χ2v) is 5.26. The third-order valence-corrected chi connectivity index (χ3v) is 3.68. The van der Waals surface area contributed by atoms with Crippen LogP contribution in [0.5, 0.6) is 0 Å². The number of hydrogen-bond acceptors (Lipinski definition) is 1. The summed E-state index contributed by atoms with van der Waals surface area (Å²) in [6.45, 7) is 6.40. The third-order valence-electron chi connectivity index (χ3n) is 2.60. The lowest BCUT2D eigenvalue weighted by atomic mass is 9.99. The van der Waals surface area contributed by atoms with Crippen LogP contribution in [0.1, 0.15) is 43.9 Å². The molecule has 0 aliphatic carbocycles. The molecule has 0 amide bonds. The minimum absolute atomic E-state index is 0.346. The highest BCUT2D eigenvalue weighted by Crippen LogP contribution is 2.29. The maximum atomic E-state index is 10.0. The van der Waals surface area contributed by atoms with Gasteiger partial charge in [0.25, 0.3) is 0 Å². The lowest BCUT2D eigenvalue weighted by molar-refractivity contribution is 0.158. The summed E-state index contributed by atoms with van der Waals surface area (Å²) in [6.07, 6.45) is 1.54. The maximum absolute atomic E-state index is 10.0. The van der Waals surface area contributed by atoms with Crippen molar-refractivity contribution in [2.75, 3.05) is 0 Å². The molecule has 1 N–H and O–H groups in total. The van der Waals surface area contributed by atoms with Crippen LogP contribution in [0.25, 0.3) is 0 Å². The van der Waals surface area contributed by atoms with Crippen LogP contribution in [0, 0.1) is 12.8 Å². The predicted octanol–water partition coefficient (Wildman–Crippen LogP) is 4.23. The van der Waals surface area contributed by atoms with Crippen LogP contribution < -0.4 is 0 Å². The molecule has 1 aromatic rings.